The van der Waals surface area contributed by atoms with Crippen LogP contribution in [0.1, 0.15) is 62.6 Å². The summed E-state index contributed by atoms with van der Waals surface area (Å²) in [5.41, 5.74) is 7.21. The van der Waals surface area contributed by atoms with E-state index in [0.717, 1.165) is 18.5 Å². The van der Waals surface area contributed by atoms with E-state index in [4.69, 9.17) is 5.73 Å². The first-order valence-electron chi connectivity index (χ1n) is 5.86. The molecule has 0 radical (unpaired) electrons. The van der Waals surface area contributed by atoms with Crippen LogP contribution in [-0.2, 0) is 6.42 Å². The van der Waals surface area contributed by atoms with Crippen LogP contribution >= 0.6 is 11.5 Å². The van der Waals surface area contributed by atoms with Crippen LogP contribution in [0.25, 0.3) is 0 Å². The summed E-state index contributed by atoms with van der Waals surface area (Å²) in [5.74, 6) is 0. The Balaban J connectivity index is 2.36. The fraction of sp³-hybridized carbons (Fsp3) is 0.818. The lowest BCUT2D eigenvalue weighted by Gasteiger charge is -2.09. The van der Waals surface area contributed by atoms with Crippen LogP contribution in [0.3, 0.4) is 0 Å². The minimum absolute atomic E-state index is 0.150. The quantitative estimate of drug-likeness (QED) is 0.728. The molecule has 0 spiro atoms. The number of rotatable bonds is 7. The van der Waals surface area contributed by atoms with E-state index < -0.39 is 0 Å². The topological polar surface area (TPSA) is 51.8 Å². The molecule has 0 aliphatic rings. The fourth-order valence-electron chi connectivity index (χ4n) is 1.66. The van der Waals surface area contributed by atoms with Gasteiger partial charge in [0.2, 0.25) is 0 Å². The van der Waals surface area contributed by atoms with E-state index >= 15 is 0 Å². The summed E-state index contributed by atoms with van der Waals surface area (Å²) in [6.07, 6.45) is 7.10. The van der Waals surface area contributed by atoms with Crippen molar-refractivity contribution in [1.29, 1.82) is 0 Å². The van der Waals surface area contributed by atoms with Crippen LogP contribution in [0.2, 0.25) is 0 Å². The van der Waals surface area contributed by atoms with Crippen molar-refractivity contribution in [2.24, 2.45) is 5.73 Å². The summed E-state index contributed by atoms with van der Waals surface area (Å²) in [6.45, 7) is 4.33. The fourth-order valence-corrected chi connectivity index (χ4v) is 2.44. The van der Waals surface area contributed by atoms with Gasteiger partial charge in [0.1, 0.15) is 0 Å². The van der Waals surface area contributed by atoms with Crippen LogP contribution in [0.4, 0.5) is 0 Å². The molecule has 0 saturated carbocycles. The molecule has 1 unspecified atom stereocenters. The summed E-state index contributed by atoms with van der Waals surface area (Å²) in [6, 6.07) is 0.150. The smallest absolute Gasteiger partial charge is 0.0800 e. The second kappa shape index (κ2) is 6.90. The molecule has 1 aromatic rings. The zero-order valence-corrected chi connectivity index (χ0v) is 10.5. The van der Waals surface area contributed by atoms with Crippen molar-refractivity contribution in [3.8, 4) is 0 Å². The maximum atomic E-state index is 6.13. The molecule has 0 saturated heterocycles. The third-order valence-electron chi connectivity index (χ3n) is 2.63. The number of hydrogen-bond acceptors (Lipinski definition) is 4. The average molecular weight is 227 g/mol. The van der Waals surface area contributed by atoms with E-state index in [1.165, 1.54) is 42.1 Å². The Morgan fingerprint density at radius 2 is 2.07 bits per heavy atom. The first-order chi connectivity index (χ1) is 7.29. The van der Waals surface area contributed by atoms with E-state index in [9.17, 15) is 0 Å². The van der Waals surface area contributed by atoms with Crippen molar-refractivity contribution in [2.45, 2.75) is 58.4 Å². The number of hydrogen-bond donors (Lipinski definition) is 1. The van der Waals surface area contributed by atoms with Gasteiger partial charge >= 0.3 is 0 Å². The largest absolute Gasteiger partial charge is 0.323 e. The van der Waals surface area contributed by atoms with Crippen LogP contribution in [0, 0.1) is 0 Å². The van der Waals surface area contributed by atoms with Crippen molar-refractivity contribution in [1.82, 2.24) is 9.59 Å². The Morgan fingerprint density at radius 3 is 2.73 bits per heavy atom. The van der Waals surface area contributed by atoms with Crippen LogP contribution in [-0.4, -0.2) is 9.59 Å². The standard InChI is InChI=1S/C11H21N3S/c1-3-5-6-7-8-9(12)11-10(4-2)13-14-15-11/h9H,3-8,12H2,1-2H3. The van der Waals surface area contributed by atoms with Crippen molar-refractivity contribution < 1.29 is 0 Å². The number of nitrogens with two attached hydrogens (primary N) is 1. The van der Waals surface area contributed by atoms with E-state index in [2.05, 4.69) is 23.4 Å². The third kappa shape index (κ3) is 3.87. The van der Waals surface area contributed by atoms with Gasteiger partial charge in [0.15, 0.2) is 0 Å². The summed E-state index contributed by atoms with van der Waals surface area (Å²) in [5, 5.41) is 4.09. The van der Waals surface area contributed by atoms with Crippen molar-refractivity contribution in [3.05, 3.63) is 10.6 Å². The van der Waals surface area contributed by atoms with E-state index in [-0.39, 0.29) is 6.04 Å². The number of unbranched alkanes of at least 4 members (excludes halogenated alkanes) is 3. The zero-order valence-electron chi connectivity index (χ0n) is 9.70. The van der Waals surface area contributed by atoms with Gasteiger partial charge in [-0.15, -0.1) is 5.10 Å². The van der Waals surface area contributed by atoms with E-state index in [0.29, 0.717) is 0 Å². The van der Waals surface area contributed by atoms with E-state index in [1.54, 1.807) is 0 Å². The molecule has 1 atom stereocenters. The van der Waals surface area contributed by atoms with Crippen molar-refractivity contribution in [3.63, 3.8) is 0 Å². The van der Waals surface area contributed by atoms with Gasteiger partial charge in [-0.2, -0.15) is 0 Å². The van der Waals surface area contributed by atoms with E-state index in [1.807, 2.05) is 0 Å². The number of aromatic nitrogens is 2. The maximum absolute atomic E-state index is 6.13. The molecule has 0 amide bonds. The molecular weight excluding hydrogens is 206 g/mol. The lowest BCUT2D eigenvalue weighted by molar-refractivity contribution is 0.568. The minimum Gasteiger partial charge on any atom is -0.323 e. The summed E-state index contributed by atoms with van der Waals surface area (Å²) < 4.78 is 3.97. The molecule has 0 bridgehead atoms. The highest BCUT2D eigenvalue weighted by Gasteiger charge is 2.13. The number of nitrogens with zero attached hydrogens (tertiary/aromatic N) is 2. The lowest BCUT2D eigenvalue weighted by atomic mass is 10.1. The highest BCUT2D eigenvalue weighted by Crippen LogP contribution is 2.23. The molecule has 86 valence electrons. The molecule has 0 fully saturated rings. The predicted octanol–water partition coefficient (Wildman–Crippen LogP) is 3.07. The highest BCUT2D eigenvalue weighted by molar-refractivity contribution is 7.05. The van der Waals surface area contributed by atoms with Crippen LogP contribution in [0.5, 0.6) is 0 Å². The molecular formula is C11H21N3S. The monoisotopic (exact) mass is 227 g/mol. The van der Waals surface area contributed by atoms with Crippen LogP contribution in [0.15, 0.2) is 0 Å². The predicted molar refractivity (Wildman–Crippen MR) is 65.0 cm³/mol. The molecule has 1 rings (SSSR count). The van der Waals surface area contributed by atoms with Gasteiger partial charge in [0.05, 0.1) is 10.6 Å². The number of aryl methyl sites for hydroxylation is 1. The van der Waals surface area contributed by atoms with Gasteiger partial charge in [-0.25, -0.2) is 0 Å². The van der Waals surface area contributed by atoms with Gasteiger partial charge in [-0.3, -0.25) is 0 Å². The first kappa shape index (κ1) is 12.6. The van der Waals surface area contributed by atoms with Gasteiger partial charge in [0, 0.05) is 6.04 Å². The Morgan fingerprint density at radius 1 is 1.27 bits per heavy atom. The minimum atomic E-state index is 0.150. The molecule has 15 heavy (non-hydrogen) atoms. The molecule has 1 heterocycles. The molecule has 3 nitrogen and oxygen atoms in total. The second-order valence-corrected chi connectivity index (χ2v) is 4.68. The molecule has 0 aliphatic carbocycles. The summed E-state index contributed by atoms with van der Waals surface area (Å²) in [7, 11) is 0. The molecule has 0 aromatic carbocycles. The zero-order chi connectivity index (χ0) is 11.1. The first-order valence-corrected chi connectivity index (χ1v) is 6.63. The molecule has 0 aliphatic heterocycles. The maximum Gasteiger partial charge on any atom is 0.0800 e. The van der Waals surface area contributed by atoms with Crippen molar-refractivity contribution >= 4 is 11.5 Å². The lowest BCUT2D eigenvalue weighted by Crippen LogP contribution is -2.10. The molecule has 1 aromatic heterocycles. The summed E-state index contributed by atoms with van der Waals surface area (Å²) >= 11 is 1.46. The van der Waals surface area contributed by atoms with Gasteiger partial charge < -0.3 is 5.73 Å². The Bertz CT molecular complexity index is 273. The normalized spacial score (nSPS) is 13.0. The van der Waals surface area contributed by atoms with Gasteiger partial charge in [-0.05, 0) is 24.4 Å². The third-order valence-corrected chi connectivity index (χ3v) is 3.52. The Hall–Kier alpha value is -0.480. The summed E-state index contributed by atoms with van der Waals surface area (Å²) in [4.78, 5) is 1.19. The Kier molecular flexibility index (Phi) is 5.79. The SMILES string of the molecule is CCCCCCC(N)c1snnc1CC. The molecule has 4 heteroatoms. The highest BCUT2D eigenvalue weighted by atomic mass is 32.1. The Labute approximate surface area is 96.2 Å². The molecule has 2 N–H and O–H groups in total. The van der Waals surface area contributed by atoms with Gasteiger partial charge in [-0.1, -0.05) is 44.0 Å². The second-order valence-electron chi connectivity index (χ2n) is 3.89. The van der Waals surface area contributed by atoms with Gasteiger partial charge in [0.25, 0.3) is 0 Å². The van der Waals surface area contributed by atoms with Crippen LogP contribution < -0.4 is 5.73 Å². The van der Waals surface area contributed by atoms with Crippen molar-refractivity contribution in [2.75, 3.05) is 0 Å². The average Bonchev–Trinajstić information content (AvgIpc) is 2.72.